The fourth-order valence-corrected chi connectivity index (χ4v) is 7.53. The first kappa shape index (κ1) is 27.5. The van der Waals surface area contributed by atoms with Crippen LogP contribution in [0, 0.1) is 17.3 Å². The minimum Gasteiger partial charge on any atom is -0.481 e. The minimum absolute atomic E-state index is 0.218. The monoisotopic (exact) mass is 597 g/mol. The Kier molecular flexibility index (Phi) is 6.93. The van der Waals surface area contributed by atoms with Gasteiger partial charge in [-0.2, -0.15) is 0 Å². The molecule has 2 fully saturated rings. The summed E-state index contributed by atoms with van der Waals surface area (Å²) in [4.78, 5) is 44.9. The molecule has 3 heterocycles. The molecule has 0 bridgehead atoms. The van der Waals surface area contributed by atoms with Gasteiger partial charge in [-0.15, -0.1) is 0 Å². The van der Waals surface area contributed by atoms with Crippen molar-refractivity contribution in [3.8, 4) is 0 Å². The van der Waals surface area contributed by atoms with Gasteiger partial charge in [-0.1, -0.05) is 67.2 Å². The van der Waals surface area contributed by atoms with E-state index in [9.17, 15) is 19.5 Å². The average Bonchev–Trinajstić information content (AvgIpc) is 3.44. The van der Waals surface area contributed by atoms with E-state index in [0.29, 0.717) is 46.4 Å². The van der Waals surface area contributed by atoms with Gasteiger partial charge < -0.3 is 15.3 Å². The SMILES string of the molecule is CC(C)(C)CN(C(=O)[C@H]1[C@H]2CCCN2C2(C(=O)Nc3c(Cl)cc(Cl)cc32)[C@H]1C(=O)O)c1cc(Cl)cc(Cl)c1. The number of halogens is 4. The number of aliphatic carboxylic acids is 1. The lowest BCUT2D eigenvalue weighted by Gasteiger charge is -2.36. The summed E-state index contributed by atoms with van der Waals surface area (Å²) >= 11 is 25.4. The van der Waals surface area contributed by atoms with E-state index in [-0.39, 0.29) is 22.0 Å². The molecule has 1 spiro atoms. The summed E-state index contributed by atoms with van der Waals surface area (Å²) in [6.07, 6.45) is 1.28. The summed E-state index contributed by atoms with van der Waals surface area (Å²) in [5.41, 5.74) is -0.773. The Labute approximate surface area is 241 Å². The Balaban J connectivity index is 1.70. The number of hydrogen-bond donors (Lipinski definition) is 2. The molecule has 1 unspecified atom stereocenters. The largest absolute Gasteiger partial charge is 0.481 e. The predicted molar refractivity (Wildman–Crippen MR) is 149 cm³/mol. The lowest BCUT2D eigenvalue weighted by Crippen LogP contribution is -2.53. The molecule has 5 rings (SSSR count). The van der Waals surface area contributed by atoms with Crippen LogP contribution >= 0.6 is 46.4 Å². The van der Waals surface area contributed by atoms with Crippen molar-refractivity contribution in [2.45, 2.75) is 45.2 Å². The van der Waals surface area contributed by atoms with Crippen LogP contribution in [0.4, 0.5) is 11.4 Å². The topological polar surface area (TPSA) is 90.0 Å². The summed E-state index contributed by atoms with van der Waals surface area (Å²) in [6.45, 7) is 6.69. The summed E-state index contributed by atoms with van der Waals surface area (Å²) < 4.78 is 0. The Hall–Kier alpha value is -2.03. The molecule has 4 atom stereocenters. The maximum atomic E-state index is 14.6. The smallest absolute Gasteiger partial charge is 0.310 e. The Morgan fingerprint density at radius 2 is 1.71 bits per heavy atom. The second kappa shape index (κ2) is 9.56. The predicted octanol–water partition coefficient (Wildman–Crippen LogP) is 6.32. The van der Waals surface area contributed by atoms with Gasteiger partial charge in [0.05, 0.1) is 16.6 Å². The number of benzene rings is 2. The Bertz CT molecular complexity index is 1340. The van der Waals surface area contributed by atoms with Crippen LogP contribution in [0.15, 0.2) is 30.3 Å². The highest BCUT2D eigenvalue weighted by Crippen LogP contribution is 2.59. The lowest BCUT2D eigenvalue weighted by atomic mass is 9.73. The first-order chi connectivity index (χ1) is 17.8. The van der Waals surface area contributed by atoms with E-state index in [0.717, 1.165) is 0 Å². The van der Waals surface area contributed by atoms with Crippen LogP contribution in [0.5, 0.6) is 0 Å². The maximum Gasteiger partial charge on any atom is 0.310 e. The van der Waals surface area contributed by atoms with Crippen molar-refractivity contribution < 1.29 is 19.5 Å². The highest BCUT2D eigenvalue weighted by atomic mass is 35.5. The molecule has 2 saturated heterocycles. The van der Waals surface area contributed by atoms with Crippen LogP contribution in [-0.2, 0) is 19.9 Å². The molecule has 38 heavy (non-hydrogen) atoms. The molecular formula is C27H27Cl4N3O4. The van der Waals surface area contributed by atoms with E-state index in [2.05, 4.69) is 5.32 Å². The molecule has 2 N–H and O–H groups in total. The molecule has 202 valence electrons. The number of nitrogens with one attached hydrogen (secondary N) is 1. The molecule has 2 aromatic carbocycles. The molecule has 11 heteroatoms. The number of carboxylic acids is 1. The van der Waals surface area contributed by atoms with Crippen LogP contribution in [-0.4, -0.2) is 46.9 Å². The van der Waals surface area contributed by atoms with Gasteiger partial charge in [0.15, 0.2) is 0 Å². The lowest BCUT2D eigenvalue weighted by molar-refractivity contribution is -0.152. The van der Waals surface area contributed by atoms with Gasteiger partial charge in [0.1, 0.15) is 11.5 Å². The maximum absolute atomic E-state index is 14.6. The second-order valence-corrected chi connectivity index (χ2v) is 13.1. The van der Waals surface area contributed by atoms with Gasteiger partial charge in [-0.25, -0.2) is 0 Å². The number of carbonyl (C=O) groups excluding carboxylic acids is 2. The standard InChI is InChI=1S/C27H27Cl4N3O4/c1-26(2,3)12-33(16-8-13(28)7-14(29)9-16)23(35)20-19-5-4-6-34(19)27(21(20)24(36)37)17-10-15(30)11-18(31)22(17)32-25(27)38/h7-11,19-21H,4-6,12H2,1-3H3,(H,32,38)(H,36,37)/t19-,20+,21-,27?/m1/s1. The minimum atomic E-state index is -1.63. The number of carboxylic acid groups (broad SMARTS) is 1. The summed E-state index contributed by atoms with van der Waals surface area (Å²) in [5.74, 6) is -4.55. The van der Waals surface area contributed by atoms with Crippen LogP contribution < -0.4 is 10.2 Å². The van der Waals surface area contributed by atoms with E-state index in [1.54, 1.807) is 29.2 Å². The van der Waals surface area contributed by atoms with Gasteiger partial charge in [0, 0.05) is 38.9 Å². The molecule has 3 aliphatic heterocycles. The first-order valence-electron chi connectivity index (χ1n) is 12.3. The van der Waals surface area contributed by atoms with Crippen molar-refractivity contribution in [2.75, 3.05) is 23.3 Å². The highest BCUT2D eigenvalue weighted by molar-refractivity contribution is 6.38. The number of amides is 2. The van der Waals surface area contributed by atoms with E-state index in [4.69, 9.17) is 46.4 Å². The van der Waals surface area contributed by atoms with Crippen LogP contribution in [0.1, 0.15) is 39.2 Å². The molecule has 0 aromatic heterocycles. The zero-order chi connectivity index (χ0) is 27.7. The van der Waals surface area contributed by atoms with Crippen LogP contribution in [0.3, 0.4) is 0 Å². The fourth-order valence-electron chi connectivity index (χ4n) is 6.48. The normalized spacial score (nSPS) is 26.4. The van der Waals surface area contributed by atoms with Crippen LogP contribution in [0.2, 0.25) is 20.1 Å². The number of rotatable bonds is 4. The van der Waals surface area contributed by atoms with Crippen molar-refractivity contribution in [1.82, 2.24) is 4.90 Å². The van der Waals surface area contributed by atoms with Crippen LogP contribution in [0.25, 0.3) is 0 Å². The molecule has 2 aromatic rings. The number of carbonyl (C=O) groups is 3. The zero-order valence-electron chi connectivity index (χ0n) is 21.0. The third-order valence-corrected chi connectivity index (χ3v) is 8.59. The molecule has 0 saturated carbocycles. The third kappa shape index (κ3) is 4.27. The summed E-state index contributed by atoms with van der Waals surface area (Å²) in [6, 6.07) is 7.47. The van der Waals surface area contributed by atoms with Gasteiger partial charge in [0.2, 0.25) is 5.91 Å². The Morgan fingerprint density at radius 3 is 2.32 bits per heavy atom. The quantitative estimate of drug-likeness (QED) is 0.430. The number of nitrogens with zero attached hydrogens (tertiary/aromatic N) is 2. The zero-order valence-corrected chi connectivity index (χ0v) is 24.0. The van der Waals surface area contributed by atoms with Gasteiger partial charge in [-0.05, 0) is 55.1 Å². The van der Waals surface area contributed by atoms with Gasteiger partial charge in [-0.3, -0.25) is 19.3 Å². The highest BCUT2D eigenvalue weighted by Gasteiger charge is 2.71. The molecule has 2 amide bonds. The first-order valence-corrected chi connectivity index (χ1v) is 13.8. The van der Waals surface area contributed by atoms with Gasteiger partial charge in [0.25, 0.3) is 5.91 Å². The molecule has 7 nitrogen and oxygen atoms in total. The van der Waals surface area contributed by atoms with Crippen molar-refractivity contribution in [1.29, 1.82) is 0 Å². The van der Waals surface area contributed by atoms with Crippen molar-refractivity contribution >= 4 is 75.6 Å². The molecule has 0 radical (unpaired) electrons. The summed E-state index contributed by atoms with van der Waals surface area (Å²) in [7, 11) is 0. The molecule has 3 aliphatic rings. The van der Waals surface area contributed by atoms with Crippen molar-refractivity contribution in [3.63, 3.8) is 0 Å². The van der Waals surface area contributed by atoms with E-state index >= 15 is 0 Å². The second-order valence-electron chi connectivity index (χ2n) is 11.4. The third-order valence-electron chi connectivity index (χ3n) is 7.64. The van der Waals surface area contributed by atoms with E-state index in [1.807, 2.05) is 25.7 Å². The fraction of sp³-hybridized carbons (Fsp3) is 0.444. The number of hydrogen-bond acceptors (Lipinski definition) is 4. The average molecular weight is 599 g/mol. The number of anilines is 2. The number of fused-ring (bicyclic) bond motifs is 4. The molecular weight excluding hydrogens is 572 g/mol. The van der Waals surface area contributed by atoms with E-state index < -0.39 is 41.2 Å². The summed E-state index contributed by atoms with van der Waals surface area (Å²) in [5, 5.41) is 14.7. The van der Waals surface area contributed by atoms with Crippen molar-refractivity contribution in [3.05, 3.63) is 56.0 Å². The van der Waals surface area contributed by atoms with Crippen molar-refractivity contribution in [2.24, 2.45) is 17.3 Å². The van der Waals surface area contributed by atoms with E-state index in [1.165, 1.54) is 6.07 Å². The van der Waals surface area contributed by atoms with Gasteiger partial charge >= 0.3 is 5.97 Å². The Morgan fingerprint density at radius 1 is 1.08 bits per heavy atom. The molecule has 0 aliphatic carbocycles.